The van der Waals surface area contributed by atoms with E-state index in [9.17, 15) is 4.79 Å². The van der Waals surface area contributed by atoms with Crippen molar-refractivity contribution < 1.29 is 4.79 Å². The molecule has 12 heavy (non-hydrogen) atoms. The lowest BCUT2D eigenvalue weighted by atomic mass is 9.80. The van der Waals surface area contributed by atoms with E-state index in [1.165, 1.54) is 12.8 Å². The van der Waals surface area contributed by atoms with Crippen molar-refractivity contribution in [2.45, 2.75) is 44.4 Å². The van der Waals surface area contributed by atoms with Crippen molar-refractivity contribution >= 4 is 21.7 Å². The van der Waals surface area contributed by atoms with Crippen molar-refractivity contribution in [2.24, 2.45) is 11.8 Å². The summed E-state index contributed by atoms with van der Waals surface area (Å²) in [4.78, 5) is 11.6. The van der Waals surface area contributed by atoms with Crippen LogP contribution in [0.2, 0.25) is 0 Å². The van der Waals surface area contributed by atoms with Gasteiger partial charge in [-0.1, -0.05) is 35.7 Å². The molecule has 1 rings (SSSR count). The molecular weight excluding hydrogens is 216 g/mol. The van der Waals surface area contributed by atoms with Crippen LogP contribution in [-0.2, 0) is 4.79 Å². The summed E-state index contributed by atoms with van der Waals surface area (Å²) in [6.45, 7) is 4.18. The first kappa shape index (κ1) is 10.2. The van der Waals surface area contributed by atoms with Gasteiger partial charge in [0, 0.05) is 5.92 Å². The highest BCUT2D eigenvalue weighted by Crippen LogP contribution is 2.30. The van der Waals surface area contributed by atoms with Gasteiger partial charge in [-0.3, -0.25) is 4.79 Å². The smallest absolute Gasteiger partial charge is 0.149 e. The zero-order valence-electron chi connectivity index (χ0n) is 7.85. The number of Topliss-reactive ketones (excluding diaryl/α,β-unsaturated/α-hetero) is 1. The summed E-state index contributed by atoms with van der Waals surface area (Å²) in [6.07, 6.45) is 4.76. The summed E-state index contributed by atoms with van der Waals surface area (Å²) in [5.41, 5.74) is 0. The minimum Gasteiger partial charge on any atom is -0.298 e. The van der Waals surface area contributed by atoms with Crippen molar-refractivity contribution in [3.8, 4) is 0 Å². The van der Waals surface area contributed by atoms with Crippen molar-refractivity contribution in [1.82, 2.24) is 0 Å². The molecular formula is C10H17BrO. The summed E-state index contributed by atoms with van der Waals surface area (Å²) in [7, 11) is 0. The fourth-order valence-electron chi connectivity index (χ4n) is 2.02. The third-order valence-corrected chi connectivity index (χ3v) is 3.18. The molecule has 0 N–H and O–H groups in total. The first-order chi connectivity index (χ1) is 5.61. The van der Waals surface area contributed by atoms with Gasteiger partial charge in [0.2, 0.25) is 0 Å². The van der Waals surface area contributed by atoms with Gasteiger partial charge in [-0.25, -0.2) is 0 Å². The Hall–Kier alpha value is 0.150. The maximum Gasteiger partial charge on any atom is 0.149 e. The molecule has 3 atom stereocenters. The number of hydrogen-bond acceptors (Lipinski definition) is 1. The van der Waals surface area contributed by atoms with Crippen molar-refractivity contribution in [1.29, 1.82) is 0 Å². The average molecular weight is 233 g/mol. The molecule has 0 radical (unpaired) electrons. The first-order valence-electron chi connectivity index (χ1n) is 4.79. The predicted molar refractivity (Wildman–Crippen MR) is 54.5 cm³/mol. The molecule has 1 aliphatic carbocycles. The van der Waals surface area contributed by atoms with Gasteiger partial charge in [-0.2, -0.15) is 0 Å². The van der Waals surface area contributed by atoms with Gasteiger partial charge in [0.25, 0.3) is 0 Å². The van der Waals surface area contributed by atoms with E-state index in [1.54, 1.807) is 0 Å². The molecule has 70 valence electrons. The number of carbonyl (C=O) groups excluding carboxylic acids is 1. The lowest BCUT2D eigenvalue weighted by Crippen LogP contribution is -2.26. The Balaban J connectivity index is 2.46. The molecule has 0 heterocycles. The highest BCUT2D eigenvalue weighted by molar-refractivity contribution is 9.10. The minimum atomic E-state index is 0.0489. The normalized spacial score (nSPS) is 32.9. The Kier molecular flexibility index (Phi) is 3.76. The van der Waals surface area contributed by atoms with Gasteiger partial charge < -0.3 is 0 Å². The minimum absolute atomic E-state index is 0.0489. The third-order valence-electron chi connectivity index (χ3n) is 2.73. The molecule has 0 aromatic rings. The van der Waals surface area contributed by atoms with E-state index in [0.717, 1.165) is 18.8 Å². The SMILES string of the molecule is CC1CCCC(C(=O)C(C)Br)C1. The van der Waals surface area contributed by atoms with Gasteiger partial charge in [0.05, 0.1) is 4.83 Å². The Morgan fingerprint density at radius 3 is 2.67 bits per heavy atom. The van der Waals surface area contributed by atoms with Crippen LogP contribution in [0.25, 0.3) is 0 Å². The fourth-order valence-corrected chi connectivity index (χ4v) is 2.39. The number of alkyl halides is 1. The van der Waals surface area contributed by atoms with E-state index in [1.807, 2.05) is 6.92 Å². The monoisotopic (exact) mass is 232 g/mol. The number of rotatable bonds is 2. The van der Waals surface area contributed by atoms with E-state index >= 15 is 0 Å². The van der Waals surface area contributed by atoms with Gasteiger partial charge in [0.15, 0.2) is 0 Å². The van der Waals surface area contributed by atoms with Crippen molar-refractivity contribution in [3.63, 3.8) is 0 Å². The summed E-state index contributed by atoms with van der Waals surface area (Å²) >= 11 is 3.35. The van der Waals surface area contributed by atoms with E-state index in [4.69, 9.17) is 0 Å². The zero-order valence-corrected chi connectivity index (χ0v) is 9.43. The van der Waals surface area contributed by atoms with Crippen LogP contribution >= 0.6 is 15.9 Å². The number of carbonyl (C=O) groups is 1. The topological polar surface area (TPSA) is 17.1 Å². The highest BCUT2D eigenvalue weighted by Gasteiger charge is 2.26. The molecule has 0 spiro atoms. The lowest BCUT2D eigenvalue weighted by Gasteiger charge is -2.26. The maximum atomic E-state index is 11.6. The summed E-state index contributed by atoms with van der Waals surface area (Å²) in [5.74, 6) is 1.49. The molecule has 0 aromatic heterocycles. The molecule has 1 saturated carbocycles. The summed E-state index contributed by atoms with van der Waals surface area (Å²) < 4.78 is 0. The predicted octanol–water partition coefficient (Wildman–Crippen LogP) is 3.17. The number of ketones is 1. The van der Waals surface area contributed by atoms with Crippen LogP contribution in [0.1, 0.15) is 39.5 Å². The molecule has 0 aliphatic heterocycles. The molecule has 1 fully saturated rings. The van der Waals surface area contributed by atoms with Gasteiger partial charge >= 0.3 is 0 Å². The van der Waals surface area contributed by atoms with Gasteiger partial charge in [-0.15, -0.1) is 0 Å². The van der Waals surface area contributed by atoms with Crippen LogP contribution in [0.15, 0.2) is 0 Å². The molecule has 3 unspecified atom stereocenters. The Labute approximate surface area is 83.0 Å². The molecule has 0 bridgehead atoms. The standard InChI is InChI=1S/C10H17BrO/c1-7-4-3-5-9(6-7)10(12)8(2)11/h7-9H,3-6H2,1-2H3. The van der Waals surface area contributed by atoms with E-state index < -0.39 is 0 Å². The lowest BCUT2D eigenvalue weighted by molar-refractivity contribution is -0.123. The Bertz CT molecular complexity index is 165. The molecule has 2 heteroatoms. The second-order valence-electron chi connectivity index (χ2n) is 3.99. The van der Waals surface area contributed by atoms with Crippen LogP contribution in [-0.4, -0.2) is 10.6 Å². The molecule has 1 nitrogen and oxygen atoms in total. The largest absolute Gasteiger partial charge is 0.298 e. The van der Waals surface area contributed by atoms with E-state index in [2.05, 4.69) is 22.9 Å². The highest BCUT2D eigenvalue weighted by atomic mass is 79.9. The van der Waals surface area contributed by atoms with Crippen LogP contribution in [0.4, 0.5) is 0 Å². The number of halogens is 1. The van der Waals surface area contributed by atoms with Crippen LogP contribution in [0, 0.1) is 11.8 Å². The third kappa shape index (κ3) is 2.58. The van der Waals surface area contributed by atoms with Crippen LogP contribution in [0.3, 0.4) is 0 Å². The Morgan fingerprint density at radius 1 is 1.50 bits per heavy atom. The molecule has 0 aromatic carbocycles. The van der Waals surface area contributed by atoms with E-state index in [-0.39, 0.29) is 4.83 Å². The summed E-state index contributed by atoms with van der Waals surface area (Å²) in [6, 6.07) is 0. The van der Waals surface area contributed by atoms with Gasteiger partial charge in [-0.05, 0) is 25.7 Å². The van der Waals surface area contributed by atoms with Crippen molar-refractivity contribution in [2.75, 3.05) is 0 Å². The van der Waals surface area contributed by atoms with Crippen LogP contribution < -0.4 is 0 Å². The van der Waals surface area contributed by atoms with Crippen LogP contribution in [0.5, 0.6) is 0 Å². The van der Waals surface area contributed by atoms with Crippen molar-refractivity contribution in [3.05, 3.63) is 0 Å². The summed E-state index contributed by atoms with van der Waals surface area (Å²) in [5, 5.41) is 0. The fraction of sp³-hybridized carbons (Fsp3) is 0.900. The Morgan fingerprint density at radius 2 is 2.17 bits per heavy atom. The van der Waals surface area contributed by atoms with E-state index in [0.29, 0.717) is 11.7 Å². The maximum absolute atomic E-state index is 11.6. The molecule has 0 amide bonds. The van der Waals surface area contributed by atoms with Gasteiger partial charge in [0.1, 0.15) is 5.78 Å². The number of hydrogen-bond donors (Lipinski definition) is 0. The molecule has 1 aliphatic rings. The second kappa shape index (κ2) is 4.40. The first-order valence-corrected chi connectivity index (χ1v) is 5.70. The zero-order chi connectivity index (χ0) is 9.14. The molecule has 0 saturated heterocycles. The average Bonchev–Trinajstić information content (AvgIpc) is 2.03. The second-order valence-corrected chi connectivity index (χ2v) is 5.36. The quantitative estimate of drug-likeness (QED) is 0.669.